The van der Waals surface area contributed by atoms with Crippen LogP contribution in [0.5, 0.6) is 0 Å². The van der Waals surface area contributed by atoms with Crippen molar-refractivity contribution in [2.75, 3.05) is 32.8 Å². The summed E-state index contributed by atoms with van der Waals surface area (Å²) in [5.74, 6) is 0. The molecule has 6 rings (SSSR count). The Kier molecular flexibility index (Phi) is 8.22. The largest absolute Gasteiger partial charge is 0.361 e. The van der Waals surface area contributed by atoms with Gasteiger partial charge in [-0.15, -0.1) is 0 Å². The zero-order valence-electron chi connectivity index (χ0n) is 25.8. The number of fused-ring (bicyclic) bond motifs is 1. The van der Waals surface area contributed by atoms with Crippen LogP contribution in [-0.2, 0) is 34.1 Å². The summed E-state index contributed by atoms with van der Waals surface area (Å²) in [6, 6.07) is 7.29. The Bertz CT molecular complexity index is 1770. The van der Waals surface area contributed by atoms with E-state index in [-0.39, 0.29) is 11.1 Å². The van der Waals surface area contributed by atoms with E-state index >= 15 is 0 Å². The van der Waals surface area contributed by atoms with Crippen LogP contribution < -0.4 is 0 Å². The molecule has 0 bridgehead atoms. The number of rotatable bonds is 11. The topological polar surface area (TPSA) is 140 Å². The molecule has 15 heteroatoms. The van der Waals surface area contributed by atoms with Crippen molar-refractivity contribution in [1.29, 1.82) is 5.26 Å². The molecule has 0 N–H and O–H groups in total. The summed E-state index contributed by atoms with van der Waals surface area (Å²) in [7, 11) is -3.08. The van der Waals surface area contributed by atoms with Crippen molar-refractivity contribution in [1.82, 2.24) is 43.3 Å². The van der Waals surface area contributed by atoms with E-state index in [0.717, 1.165) is 47.8 Å². The van der Waals surface area contributed by atoms with Gasteiger partial charge in [-0.05, 0) is 31.0 Å². The number of ether oxygens (including phenoxy) is 1. The van der Waals surface area contributed by atoms with Crippen LogP contribution >= 0.6 is 0 Å². The van der Waals surface area contributed by atoms with Gasteiger partial charge in [-0.1, -0.05) is 19.6 Å². The summed E-state index contributed by atoms with van der Waals surface area (Å²) in [6.07, 6.45) is 10.7. The van der Waals surface area contributed by atoms with Gasteiger partial charge < -0.3 is 9.30 Å². The number of hydrogen-bond acceptors (Lipinski definition) is 9. The molecule has 2 aliphatic heterocycles. The van der Waals surface area contributed by atoms with Crippen molar-refractivity contribution in [3.05, 3.63) is 43.2 Å². The molecule has 44 heavy (non-hydrogen) atoms. The van der Waals surface area contributed by atoms with E-state index in [4.69, 9.17) is 9.84 Å². The first-order valence-corrected chi connectivity index (χ1v) is 20.2. The molecule has 0 aromatic carbocycles. The van der Waals surface area contributed by atoms with E-state index in [1.165, 1.54) is 16.9 Å². The second-order valence-electron chi connectivity index (χ2n) is 13.2. The first kappa shape index (κ1) is 30.6. The lowest BCUT2D eigenvalue weighted by Gasteiger charge is -2.53. The number of aryl methyl sites for hydroxylation is 1. The summed E-state index contributed by atoms with van der Waals surface area (Å²) in [6.45, 7) is 10.5. The molecule has 2 saturated heterocycles. The van der Waals surface area contributed by atoms with Crippen molar-refractivity contribution >= 4 is 29.1 Å². The highest BCUT2D eigenvalue weighted by Crippen LogP contribution is 2.37. The van der Waals surface area contributed by atoms with E-state index in [9.17, 15) is 13.7 Å². The van der Waals surface area contributed by atoms with E-state index in [0.29, 0.717) is 39.3 Å². The van der Waals surface area contributed by atoms with Crippen LogP contribution in [0.15, 0.2) is 48.3 Å². The normalized spacial score (nSPS) is 18.4. The summed E-state index contributed by atoms with van der Waals surface area (Å²) in [5, 5.41) is 19.6. The molecule has 0 amide bonds. The SMILES string of the molecule is Cn1nccc1S(=O)(=O)N1CCC(N2CC(CC#N)(n3cc(-c4ncnc5c4ccn5COCC[Si](C)(C)C)cn3)C2)CC1. The minimum absolute atomic E-state index is 0.214. The van der Waals surface area contributed by atoms with Crippen LogP contribution in [0.25, 0.3) is 22.3 Å². The van der Waals surface area contributed by atoms with Gasteiger partial charge in [0.05, 0.1) is 30.6 Å². The number of sulfonamides is 1. The predicted molar refractivity (Wildman–Crippen MR) is 168 cm³/mol. The number of aromatic nitrogens is 7. The Balaban J connectivity index is 1.12. The molecular formula is C29H40N10O3SSi. The fourth-order valence-electron chi connectivity index (χ4n) is 6.23. The third-order valence-corrected chi connectivity index (χ3v) is 12.5. The van der Waals surface area contributed by atoms with Crippen LogP contribution in [0.1, 0.15) is 19.3 Å². The van der Waals surface area contributed by atoms with Gasteiger partial charge >= 0.3 is 0 Å². The zero-order valence-corrected chi connectivity index (χ0v) is 27.6. The first-order valence-electron chi connectivity index (χ1n) is 15.0. The van der Waals surface area contributed by atoms with Crippen LogP contribution in [0.2, 0.25) is 25.7 Å². The maximum absolute atomic E-state index is 13.1. The highest BCUT2D eigenvalue weighted by molar-refractivity contribution is 7.89. The Hall–Kier alpha value is -3.42. The molecule has 2 fully saturated rings. The monoisotopic (exact) mass is 636 g/mol. The average Bonchev–Trinajstić information content (AvgIpc) is 3.73. The van der Waals surface area contributed by atoms with Crippen molar-refractivity contribution in [2.45, 2.75) is 68.3 Å². The fraction of sp³-hybridized carbons (Fsp3) is 0.552. The molecule has 6 heterocycles. The average molecular weight is 637 g/mol. The van der Waals surface area contributed by atoms with Gasteiger partial charge in [0.15, 0.2) is 5.03 Å². The molecule has 4 aromatic heterocycles. The highest BCUT2D eigenvalue weighted by Gasteiger charge is 2.48. The molecule has 0 radical (unpaired) electrons. The molecule has 0 aliphatic carbocycles. The Morgan fingerprint density at radius 1 is 1.14 bits per heavy atom. The van der Waals surface area contributed by atoms with Gasteiger partial charge in [0, 0.05) is 77.3 Å². The number of nitrogens with zero attached hydrogens (tertiary/aromatic N) is 10. The Morgan fingerprint density at radius 3 is 2.59 bits per heavy atom. The quantitative estimate of drug-likeness (QED) is 0.179. The summed E-state index contributed by atoms with van der Waals surface area (Å²) < 4.78 is 39.0. The van der Waals surface area contributed by atoms with Crippen molar-refractivity contribution in [3.63, 3.8) is 0 Å². The van der Waals surface area contributed by atoms with Crippen molar-refractivity contribution in [3.8, 4) is 17.3 Å². The molecule has 2 aliphatic rings. The fourth-order valence-corrected chi connectivity index (χ4v) is 8.56. The standard InChI is InChI=1S/C29H40N10O3SSi/c1-35-26(5-11-33-35)43(40,41)38-13-6-24(7-14-38)37-19-29(20-37,9-10-30)39-18-23(17-34-39)27-25-8-12-36(28(25)32-21-31-27)22-42-15-16-44(2,3)4/h5,8,11-12,17-18,21,24H,6-7,9,13-16,19-20,22H2,1-4H3. The number of hydrogen-bond donors (Lipinski definition) is 0. The maximum atomic E-state index is 13.1. The predicted octanol–water partition coefficient (Wildman–Crippen LogP) is 3.12. The molecular weight excluding hydrogens is 597 g/mol. The van der Waals surface area contributed by atoms with E-state index < -0.39 is 23.6 Å². The molecule has 234 valence electrons. The third kappa shape index (κ3) is 5.84. The van der Waals surface area contributed by atoms with E-state index in [1.54, 1.807) is 17.7 Å². The van der Waals surface area contributed by atoms with Gasteiger partial charge in [0.2, 0.25) is 0 Å². The Morgan fingerprint density at radius 2 is 1.91 bits per heavy atom. The van der Waals surface area contributed by atoms with Crippen LogP contribution in [-0.4, -0.2) is 98.6 Å². The second-order valence-corrected chi connectivity index (χ2v) is 20.7. The molecule has 0 atom stereocenters. The van der Waals surface area contributed by atoms with Gasteiger partial charge in [-0.3, -0.25) is 14.3 Å². The van der Waals surface area contributed by atoms with Gasteiger partial charge in [-0.25, -0.2) is 18.4 Å². The van der Waals surface area contributed by atoms with Crippen LogP contribution in [0, 0.1) is 11.3 Å². The maximum Gasteiger partial charge on any atom is 0.260 e. The molecule has 4 aromatic rings. The van der Waals surface area contributed by atoms with Gasteiger partial charge in [-0.2, -0.15) is 19.8 Å². The van der Waals surface area contributed by atoms with Crippen LogP contribution in [0.3, 0.4) is 0 Å². The zero-order chi connectivity index (χ0) is 31.1. The minimum atomic E-state index is -3.57. The number of likely N-dealkylation sites (tertiary alicyclic amines) is 1. The second kappa shape index (κ2) is 11.8. The van der Waals surface area contributed by atoms with Crippen molar-refractivity contribution < 1.29 is 13.2 Å². The van der Waals surface area contributed by atoms with E-state index in [2.05, 4.69) is 45.7 Å². The Labute approximate surface area is 259 Å². The summed E-state index contributed by atoms with van der Waals surface area (Å²) in [4.78, 5) is 11.5. The van der Waals surface area contributed by atoms with Gasteiger partial charge in [0.25, 0.3) is 10.0 Å². The lowest BCUT2D eigenvalue weighted by Crippen LogP contribution is -2.66. The summed E-state index contributed by atoms with van der Waals surface area (Å²) in [5.41, 5.74) is 2.05. The minimum Gasteiger partial charge on any atom is -0.361 e. The lowest BCUT2D eigenvalue weighted by atomic mass is 9.84. The van der Waals surface area contributed by atoms with Gasteiger partial charge in [0.1, 0.15) is 24.2 Å². The van der Waals surface area contributed by atoms with Crippen LogP contribution in [0.4, 0.5) is 0 Å². The molecule has 0 saturated carbocycles. The molecule has 13 nitrogen and oxygen atoms in total. The summed E-state index contributed by atoms with van der Waals surface area (Å²) >= 11 is 0. The first-order chi connectivity index (χ1) is 21.0. The van der Waals surface area contributed by atoms with E-state index in [1.807, 2.05) is 33.9 Å². The molecule has 0 spiro atoms. The number of piperidine rings is 1. The molecule has 0 unspecified atom stereocenters. The van der Waals surface area contributed by atoms with Crippen molar-refractivity contribution in [2.24, 2.45) is 7.05 Å². The smallest absolute Gasteiger partial charge is 0.260 e. The lowest BCUT2D eigenvalue weighted by molar-refractivity contribution is -0.0382. The number of nitriles is 1. The third-order valence-electron chi connectivity index (χ3n) is 8.85. The highest BCUT2D eigenvalue weighted by atomic mass is 32.2.